The third-order valence-electron chi connectivity index (χ3n) is 5.65. The molecule has 2 N–H and O–H groups in total. The highest BCUT2D eigenvalue weighted by Gasteiger charge is 2.24. The number of aromatic nitrogens is 3. The van der Waals surface area contributed by atoms with Crippen LogP contribution in [-0.2, 0) is 0 Å². The van der Waals surface area contributed by atoms with Crippen LogP contribution in [0.5, 0.6) is 5.75 Å². The number of carbonyl (C=O) groups is 1. The van der Waals surface area contributed by atoms with Crippen molar-refractivity contribution >= 4 is 11.4 Å². The van der Waals surface area contributed by atoms with Crippen LogP contribution in [0.2, 0.25) is 0 Å². The normalized spacial score (nSPS) is 12.2. The maximum atomic E-state index is 14.2. The molecule has 4 rings (SSSR count). The molecule has 0 bridgehead atoms. The monoisotopic (exact) mass is 466 g/mol. The number of rotatable bonds is 6. The quantitative estimate of drug-likeness (QED) is 0.435. The van der Waals surface area contributed by atoms with Crippen molar-refractivity contribution < 1.29 is 18.3 Å². The van der Waals surface area contributed by atoms with Gasteiger partial charge in [0.15, 0.2) is 17.4 Å². The van der Waals surface area contributed by atoms with Crippen molar-refractivity contribution in [2.45, 2.75) is 32.7 Å². The highest BCUT2D eigenvalue weighted by molar-refractivity contribution is 5.98. The van der Waals surface area contributed by atoms with Crippen LogP contribution >= 0.6 is 0 Å². The van der Waals surface area contributed by atoms with Crippen LogP contribution in [0.3, 0.4) is 0 Å². The molecule has 4 aromatic rings. The third-order valence-corrected chi connectivity index (χ3v) is 5.65. The summed E-state index contributed by atoms with van der Waals surface area (Å²) in [6.07, 6.45) is 1.50. The molecule has 9 heteroatoms. The SMILES string of the molecule is COc1ccc(-c2nn3cc(C(=O)N[C@H](C)c4ccc(F)cc4)c(C(C)C)c3c(=O)[nH]2)cc1F. The molecule has 0 aliphatic carbocycles. The lowest BCUT2D eigenvalue weighted by Gasteiger charge is -2.15. The Morgan fingerprint density at radius 2 is 1.82 bits per heavy atom. The van der Waals surface area contributed by atoms with Gasteiger partial charge >= 0.3 is 0 Å². The Bertz CT molecular complexity index is 1420. The van der Waals surface area contributed by atoms with E-state index >= 15 is 0 Å². The Labute approximate surface area is 194 Å². The van der Waals surface area contributed by atoms with Crippen LogP contribution in [0.4, 0.5) is 8.78 Å². The molecule has 0 saturated carbocycles. The smallest absolute Gasteiger partial charge is 0.275 e. The van der Waals surface area contributed by atoms with Crippen LogP contribution in [0.25, 0.3) is 16.9 Å². The molecule has 7 nitrogen and oxygen atoms in total. The van der Waals surface area contributed by atoms with Crippen LogP contribution in [-0.4, -0.2) is 27.6 Å². The van der Waals surface area contributed by atoms with E-state index in [9.17, 15) is 18.4 Å². The number of H-pyrrole nitrogens is 1. The molecule has 0 unspecified atom stereocenters. The van der Waals surface area contributed by atoms with Crippen LogP contribution in [0.15, 0.2) is 53.5 Å². The molecule has 0 radical (unpaired) electrons. The van der Waals surface area contributed by atoms with Crippen molar-refractivity contribution in [3.8, 4) is 17.1 Å². The van der Waals surface area contributed by atoms with E-state index < -0.39 is 11.4 Å². The maximum absolute atomic E-state index is 14.2. The van der Waals surface area contributed by atoms with Crippen molar-refractivity contribution in [1.82, 2.24) is 19.9 Å². The number of nitrogens with one attached hydrogen (secondary N) is 2. The number of fused-ring (bicyclic) bond motifs is 1. The Hall–Kier alpha value is -4.01. The highest BCUT2D eigenvalue weighted by Crippen LogP contribution is 2.27. The van der Waals surface area contributed by atoms with Crippen molar-refractivity contribution in [2.75, 3.05) is 7.11 Å². The van der Waals surface area contributed by atoms with Crippen molar-refractivity contribution in [3.05, 3.63) is 87.3 Å². The van der Waals surface area contributed by atoms with E-state index in [-0.39, 0.29) is 40.8 Å². The largest absolute Gasteiger partial charge is 0.494 e. The second-order valence-corrected chi connectivity index (χ2v) is 8.30. The van der Waals surface area contributed by atoms with E-state index in [2.05, 4.69) is 15.4 Å². The summed E-state index contributed by atoms with van der Waals surface area (Å²) < 4.78 is 33.7. The topological polar surface area (TPSA) is 88.5 Å². The molecule has 0 saturated heterocycles. The number of halogens is 2. The number of carbonyl (C=O) groups excluding carboxylic acids is 1. The molecule has 0 aliphatic heterocycles. The second kappa shape index (κ2) is 9.09. The van der Waals surface area contributed by atoms with Gasteiger partial charge in [0.05, 0.1) is 18.7 Å². The predicted molar refractivity (Wildman–Crippen MR) is 124 cm³/mol. The Balaban J connectivity index is 1.75. The van der Waals surface area contributed by atoms with Crippen LogP contribution < -0.4 is 15.6 Å². The first-order chi connectivity index (χ1) is 16.2. The molecule has 34 heavy (non-hydrogen) atoms. The van der Waals surface area contributed by atoms with Gasteiger partial charge in [-0.3, -0.25) is 9.59 Å². The molecule has 0 aliphatic rings. The number of amides is 1. The minimum Gasteiger partial charge on any atom is -0.494 e. The van der Waals surface area contributed by atoms with Gasteiger partial charge in [-0.05, 0) is 48.7 Å². The molecule has 1 atom stereocenters. The van der Waals surface area contributed by atoms with E-state index in [1.165, 1.54) is 42.1 Å². The average molecular weight is 466 g/mol. The van der Waals surface area contributed by atoms with Crippen LogP contribution in [0, 0.1) is 11.6 Å². The summed E-state index contributed by atoms with van der Waals surface area (Å²) in [5.41, 5.74) is 1.74. The van der Waals surface area contributed by atoms with Gasteiger partial charge in [-0.15, -0.1) is 5.10 Å². The van der Waals surface area contributed by atoms with E-state index in [1.54, 1.807) is 25.1 Å². The predicted octanol–water partition coefficient (Wildman–Crippen LogP) is 4.59. The number of aromatic amines is 1. The van der Waals surface area contributed by atoms with Gasteiger partial charge in [0, 0.05) is 17.3 Å². The molecule has 0 spiro atoms. The summed E-state index contributed by atoms with van der Waals surface area (Å²) in [7, 11) is 1.36. The van der Waals surface area contributed by atoms with E-state index in [0.717, 1.165) is 5.56 Å². The summed E-state index contributed by atoms with van der Waals surface area (Å²) in [5, 5.41) is 7.32. The third kappa shape index (κ3) is 4.28. The molecule has 1 amide bonds. The van der Waals surface area contributed by atoms with Gasteiger partial charge in [0.1, 0.15) is 11.3 Å². The zero-order chi connectivity index (χ0) is 24.6. The number of methoxy groups -OCH3 is 1. The van der Waals surface area contributed by atoms with Gasteiger partial charge in [-0.1, -0.05) is 26.0 Å². The minimum atomic E-state index is -0.590. The van der Waals surface area contributed by atoms with Crippen molar-refractivity contribution in [3.63, 3.8) is 0 Å². The first-order valence-corrected chi connectivity index (χ1v) is 10.8. The summed E-state index contributed by atoms with van der Waals surface area (Å²) in [6.45, 7) is 5.54. The van der Waals surface area contributed by atoms with Gasteiger partial charge in [-0.2, -0.15) is 0 Å². The number of ether oxygens (including phenoxy) is 1. The van der Waals surface area contributed by atoms with Crippen molar-refractivity contribution in [2.24, 2.45) is 0 Å². The fraction of sp³-hybridized carbons (Fsp3) is 0.240. The lowest BCUT2D eigenvalue weighted by atomic mass is 9.99. The van der Waals surface area contributed by atoms with E-state index in [0.29, 0.717) is 16.7 Å². The average Bonchev–Trinajstić information content (AvgIpc) is 3.20. The zero-order valence-corrected chi connectivity index (χ0v) is 19.1. The maximum Gasteiger partial charge on any atom is 0.275 e. The standard InChI is InChI=1S/C25H24F2N4O3/c1-13(2)21-18(24(32)28-14(3)15-5-8-17(26)9-6-15)12-31-22(21)25(33)29-23(30-31)16-7-10-20(34-4)19(27)11-16/h5-14H,1-4H3,(H,28,32)(H,29,30,33)/t14-/m1/s1. The number of nitrogens with zero attached hydrogens (tertiary/aromatic N) is 2. The summed E-state index contributed by atoms with van der Waals surface area (Å²) in [4.78, 5) is 28.9. The number of hydrogen-bond acceptors (Lipinski definition) is 4. The molecule has 0 fully saturated rings. The molecule has 2 heterocycles. The van der Waals surface area contributed by atoms with E-state index in [1.807, 2.05) is 13.8 Å². The lowest BCUT2D eigenvalue weighted by molar-refractivity contribution is 0.0938. The molecule has 2 aromatic heterocycles. The van der Waals surface area contributed by atoms with Gasteiger partial charge < -0.3 is 15.0 Å². The lowest BCUT2D eigenvalue weighted by Crippen LogP contribution is -2.27. The Kier molecular flexibility index (Phi) is 6.19. The Morgan fingerprint density at radius 1 is 1.12 bits per heavy atom. The number of benzene rings is 2. The number of hydrogen-bond donors (Lipinski definition) is 2. The zero-order valence-electron chi connectivity index (χ0n) is 19.1. The molecular formula is C25H24F2N4O3. The molecule has 2 aromatic carbocycles. The fourth-order valence-electron chi connectivity index (χ4n) is 3.93. The van der Waals surface area contributed by atoms with Crippen LogP contribution in [0.1, 0.15) is 54.2 Å². The summed E-state index contributed by atoms with van der Waals surface area (Å²) in [5.74, 6) is -1.27. The summed E-state index contributed by atoms with van der Waals surface area (Å²) in [6, 6.07) is 9.72. The first kappa shape index (κ1) is 23.2. The van der Waals surface area contributed by atoms with E-state index in [4.69, 9.17) is 4.74 Å². The van der Waals surface area contributed by atoms with Gasteiger partial charge in [0.2, 0.25) is 0 Å². The summed E-state index contributed by atoms with van der Waals surface area (Å²) >= 11 is 0. The first-order valence-electron chi connectivity index (χ1n) is 10.8. The Morgan fingerprint density at radius 3 is 2.44 bits per heavy atom. The van der Waals surface area contributed by atoms with Gasteiger partial charge in [0.25, 0.3) is 11.5 Å². The molecular weight excluding hydrogens is 442 g/mol. The molecule has 176 valence electrons. The highest BCUT2D eigenvalue weighted by atomic mass is 19.1. The minimum absolute atomic E-state index is 0.0736. The van der Waals surface area contributed by atoms with Crippen molar-refractivity contribution in [1.29, 1.82) is 0 Å². The second-order valence-electron chi connectivity index (χ2n) is 8.30. The van der Waals surface area contributed by atoms with Gasteiger partial charge in [-0.25, -0.2) is 13.3 Å². The fourth-order valence-corrected chi connectivity index (χ4v) is 3.93.